The predicted octanol–water partition coefficient (Wildman–Crippen LogP) is 3.61. The fourth-order valence-corrected chi connectivity index (χ4v) is 3.88. The Morgan fingerprint density at radius 3 is 2.79 bits per heavy atom. The largest absolute Gasteiger partial charge is 0.390 e. The maximum atomic E-state index is 13.5. The molecule has 0 fully saturated rings. The summed E-state index contributed by atoms with van der Waals surface area (Å²) >= 11 is 7.06. The number of aromatic nitrogens is 1. The third-order valence-electron chi connectivity index (χ3n) is 4.40. The van der Waals surface area contributed by atoms with Gasteiger partial charge >= 0.3 is 0 Å². The van der Waals surface area contributed by atoms with E-state index in [1.807, 2.05) is 0 Å². The summed E-state index contributed by atoms with van der Waals surface area (Å²) in [6, 6.07) is 13.0. The third-order valence-corrected chi connectivity index (χ3v) is 5.63. The van der Waals surface area contributed by atoms with Gasteiger partial charge in [-0.3, -0.25) is 14.2 Å². The Labute approximate surface area is 174 Å². The van der Waals surface area contributed by atoms with Gasteiger partial charge in [-0.05, 0) is 42.0 Å². The van der Waals surface area contributed by atoms with Gasteiger partial charge in [0.05, 0.1) is 21.5 Å². The monoisotopic (exact) mass is 431 g/mol. The number of carbonyl (C=O) groups excluding carboxylic acids is 1. The molecule has 0 bridgehead atoms. The summed E-state index contributed by atoms with van der Waals surface area (Å²) in [5.74, 6) is -1.01. The summed E-state index contributed by atoms with van der Waals surface area (Å²) < 4.78 is 15.3. The van der Waals surface area contributed by atoms with Gasteiger partial charge in [0.15, 0.2) is 5.82 Å². The molecule has 1 aliphatic heterocycles. The molecule has 3 heterocycles. The number of carbonyl (C=O) groups is 1. The second-order valence-corrected chi connectivity index (χ2v) is 8.08. The van der Waals surface area contributed by atoms with E-state index in [1.165, 1.54) is 28.2 Å². The Balaban J connectivity index is 1.37. The molecule has 0 saturated heterocycles. The number of nitrogens with one attached hydrogen (secondary N) is 1. The minimum absolute atomic E-state index is 0.205. The lowest BCUT2D eigenvalue weighted by Gasteiger charge is -2.09. The molecule has 0 spiro atoms. The first-order valence-electron chi connectivity index (χ1n) is 8.75. The fourth-order valence-electron chi connectivity index (χ4n) is 2.92. The van der Waals surface area contributed by atoms with E-state index in [1.54, 1.807) is 36.4 Å². The van der Waals surface area contributed by atoms with Crippen LogP contribution in [-0.4, -0.2) is 28.8 Å². The number of oxime groups is 1. The Bertz CT molecular complexity index is 1140. The standard InChI is InChI=1S/C20H15ClFN3O3S/c21-18-8-7-17(29-18)19(26)23-11-14-10-16(24-28-14)12-3-5-13(6-4-12)25-9-1-2-15(22)20(25)27/h1-9,14H,10-11H2,(H,23,26). The first-order valence-corrected chi connectivity index (χ1v) is 9.95. The van der Waals surface area contributed by atoms with Crippen LogP contribution in [0.25, 0.3) is 5.69 Å². The zero-order chi connectivity index (χ0) is 20.4. The third kappa shape index (κ3) is 4.23. The first-order chi connectivity index (χ1) is 14.0. The number of hydrogen-bond donors (Lipinski definition) is 1. The number of thiophene rings is 1. The van der Waals surface area contributed by atoms with Crippen molar-refractivity contribution in [1.29, 1.82) is 0 Å². The van der Waals surface area contributed by atoms with Gasteiger partial charge in [-0.1, -0.05) is 28.9 Å². The van der Waals surface area contributed by atoms with E-state index in [2.05, 4.69) is 10.5 Å². The lowest BCUT2D eigenvalue weighted by Crippen LogP contribution is -2.31. The molecule has 2 aromatic heterocycles. The zero-order valence-corrected chi connectivity index (χ0v) is 16.5. The number of amides is 1. The molecule has 1 aliphatic rings. The van der Waals surface area contributed by atoms with E-state index in [4.69, 9.17) is 16.4 Å². The molecule has 3 aromatic rings. The number of pyridine rings is 1. The number of rotatable bonds is 5. The van der Waals surface area contributed by atoms with Crippen molar-refractivity contribution in [2.24, 2.45) is 5.16 Å². The van der Waals surface area contributed by atoms with Gasteiger partial charge in [-0.25, -0.2) is 4.39 Å². The Morgan fingerprint density at radius 1 is 1.28 bits per heavy atom. The molecule has 1 unspecified atom stereocenters. The van der Waals surface area contributed by atoms with Crippen molar-refractivity contribution in [3.05, 3.63) is 85.7 Å². The number of benzene rings is 1. The summed E-state index contributed by atoms with van der Waals surface area (Å²) in [4.78, 5) is 29.9. The molecule has 9 heteroatoms. The fraction of sp³-hybridized carbons (Fsp3) is 0.150. The maximum absolute atomic E-state index is 13.5. The molecule has 0 aliphatic carbocycles. The van der Waals surface area contributed by atoms with Crippen LogP contribution < -0.4 is 10.9 Å². The molecule has 0 radical (unpaired) electrons. The molecular weight excluding hydrogens is 417 g/mol. The van der Waals surface area contributed by atoms with E-state index in [9.17, 15) is 14.0 Å². The van der Waals surface area contributed by atoms with Crippen molar-refractivity contribution in [3.63, 3.8) is 0 Å². The number of halogens is 2. The molecule has 1 atom stereocenters. The van der Waals surface area contributed by atoms with Crippen LogP contribution in [0.4, 0.5) is 4.39 Å². The SMILES string of the molecule is O=C(NCC1CC(c2ccc(-n3cccc(F)c3=O)cc2)=NO1)c1ccc(Cl)s1. The average Bonchev–Trinajstić information content (AvgIpc) is 3.38. The molecule has 1 amide bonds. The molecule has 29 heavy (non-hydrogen) atoms. The van der Waals surface area contributed by atoms with E-state index in [-0.39, 0.29) is 12.0 Å². The highest BCUT2D eigenvalue weighted by Gasteiger charge is 2.23. The topological polar surface area (TPSA) is 72.7 Å². The first kappa shape index (κ1) is 19.4. The van der Waals surface area contributed by atoms with Gasteiger partial charge in [0, 0.05) is 18.3 Å². The Morgan fingerprint density at radius 2 is 2.07 bits per heavy atom. The van der Waals surface area contributed by atoms with Crippen molar-refractivity contribution >= 4 is 34.6 Å². The van der Waals surface area contributed by atoms with Gasteiger partial charge < -0.3 is 10.2 Å². The van der Waals surface area contributed by atoms with Crippen LogP contribution in [0, 0.1) is 5.82 Å². The molecule has 4 rings (SSSR count). The van der Waals surface area contributed by atoms with Gasteiger partial charge in [0.25, 0.3) is 11.5 Å². The maximum Gasteiger partial charge on any atom is 0.291 e. The lowest BCUT2D eigenvalue weighted by atomic mass is 10.0. The van der Waals surface area contributed by atoms with Gasteiger partial charge in [0.1, 0.15) is 6.10 Å². The van der Waals surface area contributed by atoms with E-state index in [0.29, 0.717) is 27.9 Å². The Kier molecular flexibility index (Phi) is 5.46. The lowest BCUT2D eigenvalue weighted by molar-refractivity contribution is 0.0755. The molecular formula is C20H15ClFN3O3S. The molecule has 0 saturated carbocycles. The van der Waals surface area contributed by atoms with Gasteiger partial charge in [0.2, 0.25) is 0 Å². The minimum atomic E-state index is -0.806. The minimum Gasteiger partial charge on any atom is -0.390 e. The van der Waals surface area contributed by atoms with Crippen molar-refractivity contribution in [3.8, 4) is 5.69 Å². The zero-order valence-electron chi connectivity index (χ0n) is 15.0. The second kappa shape index (κ2) is 8.18. The highest BCUT2D eigenvalue weighted by molar-refractivity contribution is 7.17. The van der Waals surface area contributed by atoms with Crippen molar-refractivity contribution in [2.45, 2.75) is 12.5 Å². The normalized spacial score (nSPS) is 15.7. The van der Waals surface area contributed by atoms with Crippen LogP contribution in [-0.2, 0) is 4.84 Å². The van der Waals surface area contributed by atoms with E-state index < -0.39 is 11.4 Å². The molecule has 6 nitrogen and oxygen atoms in total. The quantitative estimate of drug-likeness (QED) is 0.670. The average molecular weight is 432 g/mol. The molecule has 1 N–H and O–H groups in total. The smallest absolute Gasteiger partial charge is 0.291 e. The highest BCUT2D eigenvalue weighted by Crippen LogP contribution is 2.22. The molecule has 148 valence electrons. The molecule has 1 aromatic carbocycles. The van der Waals surface area contributed by atoms with Crippen LogP contribution in [0.5, 0.6) is 0 Å². The van der Waals surface area contributed by atoms with Crippen molar-refractivity contribution < 1.29 is 14.0 Å². The second-order valence-electron chi connectivity index (χ2n) is 6.36. The summed E-state index contributed by atoms with van der Waals surface area (Å²) in [5, 5.41) is 6.90. The van der Waals surface area contributed by atoms with Crippen molar-refractivity contribution in [2.75, 3.05) is 6.54 Å². The van der Waals surface area contributed by atoms with Crippen LogP contribution in [0.3, 0.4) is 0 Å². The summed E-state index contributed by atoms with van der Waals surface area (Å²) in [5.41, 5.74) is 1.42. The van der Waals surface area contributed by atoms with Crippen molar-refractivity contribution in [1.82, 2.24) is 9.88 Å². The summed E-state index contributed by atoms with van der Waals surface area (Å²) in [6.45, 7) is 0.318. The summed E-state index contributed by atoms with van der Waals surface area (Å²) in [6.07, 6.45) is 1.77. The number of hydrogen-bond acceptors (Lipinski definition) is 5. The van der Waals surface area contributed by atoms with Gasteiger partial charge in [-0.2, -0.15) is 0 Å². The number of nitrogens with zero attached hydrogens (tertiary/aromatic N) is 2. The van der Waals surface area contributed by atoms with Crippen LogP contribution in [0.1, 0.15) is 21.7 Å². The summed E-state index contributed by atoms with van der Waals surface area (Å²) in [7, 11) is 0. The van der Waals surface area contributed by atoms with Crippen LogP contribution >= 0.6 is 22.9 Å². The highest BCUT2D eigenvalue weighted by atomic mass is 35.5. The van der Waals surface area contributed by atoms with Crippen LogP contribution in [0.2, 0.25) is 4.34 Å². The Hall–Kier alpha value is -2.97. The van der Waals surface area contributed by atoms with Gasteiger partial charge in [-0.15, -0.1) is 11.3 Å². The predicted molar refractivity (Wildman–Crippen MR) is 110 cm³/mol. The van der Waals surface area contributed by atoms with E-state index >= 15 is 0 Å². The van der Waals surface area contributed by atoms with E-state index in [0.717, 1.165) is 17.3 Å². The van der Waals surface area contributed by atoms with Crippen LogP contribution in [0.15, 0.2) is 64.7 Å².